The summed E-state index contributed by atoms with van der Waals surface area (Å²) in [6, 6.07) is 0.00459. The van der Waals surface area contributed by atoms with Crippen molar-refractivity contribution in [2.24, 2.45) is 0 Å². The molecule has 0 saturated carbocycles. The number of nitrogens with zero attached hydrogens (tertiary/aromatic N) is 2. The molecule has 15 heavy (non-hydrogen) atoms. The number of hydrogen-bond donors (Lipinski definition) is 2. The second-order valence-corrected chi connectivity index (χ2v) is 3.88. The Morgan fingerprint density at radius 1 is 1.73 bits per heavy atom. The van der Waals surface area contributed by atoms with E-state index < -0.39 is 0 Å². The zero-order valence-corrected chi connectivity index (χ0v) is 8.86. The van der Waals surface area contributed by atoms with Crippen molar-refractivity contribution in [2.45, 2.75) is 25.4 Å². The third-order valence-corrected chi connectivity index (χ3v) is 2.68. The zero-order valence-electron chi connectivity index (χ0n) is 8.86. The lowest BCUT2D eigenvalue weighted by Gasteiger charge is -2.19. The first-order chi connectivity index (χ1) is 7.27. The van der Waals surface area contributed by atoms with Gasteiger partial charge >= 0.3 is 0 Å². The number of likely N-dealkylation sites (N-methyl/N-ethyl adjacent to an activating group) is 1. The molecule has 0 bridgehead atoms. The van der Waals surface area contributed by atoms with E-state index in [4.69, 9.17) is 0 Å². The summed E-state index contributed by atoms with van der Waals surface area (Å²) in [7, 11) is 1.81. The third-order valence-electron chi connectivity index (χ3n) is 2.68. The number of carbonyl (C=O) groups excluding carboxylic acids is 1. The summed E-state index contributed by atoms with van der Waals surface area (Å²) in [6.07, 6.45) is 5.50. The average Bonchev–Trinajstić information content (AvgIpc) is 2.88. The normalized spacial score (nSPS) is 20.5. The molecule has 0 aliphatic carbocycles. The van der Waals surface area contributed by atoms with Crippen LogP contribution in [0.1, 0.15) is 18.7 Å². The molecule has 1 aliphatic heterocycles. The highest BCUT2D eigenvalue weighted by molar-refractivity contribution is 5.81. The van der Waals surface area contributed by atoms with Crippen molar-refractivity contribution in [1.82, 2.24) is 20.2 Å². The Morgan fingerprint density at radius 3 is 3.20 bits per heavy atom. The number of amides is 1. The van der Waals surface area contributed by atoms with Gasteiger partial charge in [0.15, 0.2) is 0 Å². The van der Waals surface area contributed by atoms with E-state index in [-0.39, 0.29) is 11.9 Å². The molecule has 2 heterocycles. The van der Waals surface area contributed by atoms with Crippen molar-refractivity contribution < 1.29 is 4.79 Å². The number of nitrogens with one attached hydrogen (secondary N) is 2. The fraction of sp³-hybridized carbons (Fsp3) is 0.600. The van der Waals surface area contributed by atoms with Crippen LogP contribution in [-0.4, -0.2) is 40.4 Å². The highest BCUT2D eigenvalue weighted by atomic mass is 16.2. The summed E-state index contributed by atoms with van der Waals surface area (Å²) in [5, 5.41) is 3.20. The van der Waals surface area contributed by atoms with Crippen LogP contribution in [0.15, 0.2) is 12.4 Å². The molecule has 82 valence electrons. The Kier molecular flexibility index (Phi) is 3.01. The van der Waals surface area contributed by atoms with Crippen molar-refractivity contribution in [3.63, 3.8) is 0 Å². The van der Waals surface area contributed by atoms with E-state index in [9.17, 15) is 4.79 Å². The minimum atomic E-state index is 0.00459. The van der Waals surface area contributed by atoms with Crippen molar-refractivity contribution >= 4 is 5.91 Å². The second-order valence-electron chi connectivity index (χ2n) is 3.88. The first kappa shape index (κ1) is 10.2. The SMILES string of the molecule is CN(Cc1ncc[nH]1)C(=O)C1CCCN1. The quantitative estimate of drug-likeness (QED) is 0.741. The van der Waals surface area contributed by atoms with Gasteiger partial charge in [-0.15, -0.1) is 0 Å². The van der Waals surface area contributed by atoms with Gasteiger partial charge in [0.05, 0.1) is 12.6 Å². The number of hydrogen-bond acceptors (Lipinski definition) is 3. The zero-order chi connectivity index (χ0) is 10.7. The van der Waals surface area contributed by atoms with E-state index >= 15 is 0 Å². The Bertz CT molecular complexity index is 316. The summed E-state index contributed by atoms with van der Waals surface area (Å²) in [4.78, 5) is 20.7. The van der Waals surface area contributed by atoms with Crippen LogP contribution in [0.25, 0.3) is 0 Å². The van der Waals surface area contributed by atoms with Crippen LogP contribution in [0, 0.1) is 0 Å². The number of rotatable bonds is 3. The fourth-order valence-electron chi connectivity index (χ4n) is 1.85. The first-order valence-electron chi connectivity index (χ1n) is 5.24. The van der Waals surface area contributed by atoms with Crippen molar-refractivity contribution in [1.29, 1.82) is 0 Å². The van der Waals surface area contributed by atoms with Gasteiger partial charge in [-0.1, -0.05) is 0 Å². The van der Waals surface area contributed by atoms with Gasteiger partial charge in [0.2, 0.25) is 5.91 Å². The molecule has 5 nitrogen and oxygen atoms in total. The minimum absolute atomic E-state index is 0.00459. The fourth-order valence-corrected chi connectivity index (χ4v) is 1.85. The first-order valence-corrected chi connectivity index (χ1v) is 5.24. The lowest BCUT2D eigenvalue weighted by molar-refractivity contribution is -0.132. The summed E-state index contributed by atoms with van der Waals surface area (Å²) >= 11 is 0. The van der Waals surface area contributed by atoms with Gasteiger partial charge in [-0.25, -0.2) is 4.98 Å². The molecular weight excluding hydrogens is 192 g/mol. The van der Waals surface area contributed by atoms with E-state index in [1.165, 1.54) is 0 Å². The number of H-pyrrole nitrogens is 1. The molecule has 0 aromatic carbocycles. The second kappa shape index (κ2) is 4.44. The number of imidazole rings is 1. The Labute approximate surface area is 88.9 Å². The van der Waals surface area contributed by atoms with Crippen LogP contribution >= 0.6 is 0 Å². The lowest BCUT2D eigenvalue weighted by Crippen LogP contribution is -2.41. The maximum absolute atomic E-state index is 11.9. The van der Waals surface area contributed by atoms with Crippen molar-refractivity contribution in [2.75, 3.05) is 13.6 Å². The molecule has 0 spiro atoms. The van der Waals surface area contributed by atoms with Gasteiger partial charge in [-0.05, 0) is 19.4 Å². The van der Waals surface area contributed by atoms with Crippen LogP contribution in [0.4, 0.5) is 0 Å². The van der Waals surface area contributed by atoms with Gasteiger partial charge in [-0.3, -0.25) is 4.79 Å². The molecule has 5 heteroatoms. The highest BCUT2D eigenvalue weighted by Gasteiger charge is 2.24. The van der Waals surface area contributed by atoms with Crippen LogP contribution in [0.5, 0.6) is 0 Å². The molecule has 1 saturated heterocycles. The van der Waals surface area contributed by atoms with Gasteiger partial charge in [-0.2, -0.15) is 0 Å². The smallest absolute Gasteiger partial charge is 0.239 e. The van der Waals surface area contributed by atoms with Crippen LogP contribution in [-0.2, 0) is 11.3 Å². The van der Waals surface area contributed by atoms with Crippen LogP contribution in [0.3, 0.4) is 0 Å². The maximum atomic E-state index is 11.9. The number of aromatic nitrogens is 2. The van der Waals surface area contributed by atoms with E-state index in [1.807, 2.05) is 7.05 Å². The molecule has 1 atom stereocenters. The van der Waals surface area contributed by atoms with Crippen LogP contribution < -0.4 is 5.32 Å². The monoisotopic (exact) mass is 208 g/mol. The summed E-state index contributed by atoms with van der Waals surface area (Å²) in [5.41, 5.74) is 0. The lowest BCUT2D eigenvalue weighted by atomic mass is 10.2. The number of aromatic amines is 1. The molecule has 0 radical (unpaired) electrons. The van der Waals surface area contributed by atoms with Gasteiger partial charge in [0.25, 0.3) is 0 Å². The molecule has 1 aromatic heterocycles. The molecule has 2 rings (SSSR count). The number of carbonyl (C=O) groups is 1. The molecule has 1 aliphatic rings. The summed E-state index contributed by atoms with van der Waals surface area (Å²) in [5.74, 6) is 0.979. The molecule has 1 unspecified atom stereocenters. The van der Waals surface area contributed by atoms with Gasteiger partial charge in [0.1, 0.15) is 5.82 Å². The molecule has 1 fully saturated rings. The third kappa shape index (κ3) is 2.36. The van der Waals surface area contributed by atoms with Gasteiger partial charge < -0.3 is 15.2 Å². The molecule has 1 amide bonds. The van der Waals surface area contributed by atoms with E-state index in [2.05, 4.69) is 15.3 Å². The van der Waals surface area contributed by atoms with Crippen LogP contribution in [0.2, 0.25) is 0 Å². The molecule has 2 N–H and O–H groups in total. The van der Waals surface area contributed by atoms with E-state index in [1.54, 1.807) is 17.3 Å². The summed E-state index contributed by atoms with van der Waals surface area (Å²) in [6.45, 7) is 1.50. The topological polar surface area (TPSA) is 61.0 Å². The molecule has 1 aromatic rings. The maximum Gasteiger partial charge on any atom is 0.239 e. The van der Waals surface area contributed by atoms with Crippen molar-refractivity contribution in [3.05, 3.63) is 18.2 Å². The summed E-state index contributed by atoms with van der Waals surface area (Å²) < 4.78 is 0. The predicted octanol–water partition coefficient (Wildman–Crippen LogP) is 0.120. The van der Waals surface area contributed by atoms with E-state index in [0.717, 1.165) is 25.2 Å². The van der Waals surface area contributed by atoms with Gasteiger partial charge in [0, 0.05) is 19.4 Å². The average molecular weight is 208 g/mol. The van der Waals surface area contributed by atoms with E-state index in [0.29, 0.717) is 6.54 Å². The molecular formula is C10H16N4O. The van der Waals surface area contributed by atoms with Crippen molar-refractivity contribution in [3.8, 4) is 0 Å². The predicted molar refractivity (Wildman–Crippen MR) is 56.1 cm³/mol. The highest BCUT2D eigenvalue weighted by Crippen LogP contribution is 2.08. The Hall–Kier alpha value is -1.36. The Morgan fingerprint density at radius 2 is 2.60 bits per heavy atom. The minimum Gasteiger partial charge on any atom is -0.347 e. The standard InChI is InChI=1S/C10H16N4O/c1-14(7-9-12-5-6-13-9)10(15)8-3-2-4-11-8/h5-6,8,11H,2-4,7H2,1H3,(H,12,13). The Balaban J connectivity index is 1.89. The largest absolute Gasteiger partial charge is 0.347 e.